The van der Waals surface area contributed by atoms with E-state index in [-0.39, 0.29) is 0 Å². The van der Waals surface area contributed by atoms with E-state index < -0.39 is 6.09 Å². The van der Waals surface area contributed by atoms with Gasteiger partial charge in [-0.3, -0.25) is 0 Å². The Morgan fingerprint density at radius 1 is 1.60 bits per heavy atom. The van der Waals surface area contributed by atoms with E-state index in [1.165, 1.54) is 0 Å². The highest BCUT2D eigenvalue weighted by molar-refractivity contribution is 5.64. The van der Waals surface area contributed by atoms with Crippen LogP contribution in [0.2, 0.25) is 0 Å². The quantitative estimate of drug-likeness (QED) is 0.562. The standard InChI is InChI=1S/C6H13NO3/c1-2-4-10-5-3-7-6(8)9/h7H,2-5H2,1H3,(H,8,9). The summed E-state index contributed by atoms with van der Waals surface area (Å²) in [6, 6.07) is 0. The number of hydrogen-bond acceptors (Lipinski definition) is 2. The molecule has 0 saturated heterocycles. The molecule has 60 valence electrons. The predicted molar refractivity (Wildman–Crippen MR) is 37.1 cm³/mol. The zero-order valence-electron chi connectivity index (χ0n) is 6.09. The number of carbonyl (C=O) groups is 1. The number of hydrogen-bond donors (Lipinski definition) is 2. The van der Waals surface area contributed by atoms with Crippen molar-refractivity contribution in [2.24, 2.45) is 0 Å². The van der Waals surface area contributed by atoms with Crippen molar-refractivity contribution in [3.63, 3.8) is 0 Å². The fourth-order valence-electron chi connectivity index (χ4n) is 0.477. The van der Waals surface area contributed by atoms with Crippen LogP contribution < -0.4 is 5.32 Å². The van der Waals surface area contributed by atoms with Crippen LogP contribution in [0.5, 0.6) is 0 Å². The Hall–Kier alpha value is -0.770. The van der Waals surface area contributed by atoms with Crippen LogP contribution in [0.3, 0.4) is 0 Å². The molecule has 0 aromatic carbocycles. The van der Waals surface area contributed by atoms with Gasteiger partial charge in [0.05, 0.1) is 6.61 Å². The first-order valence-electron chi connectivity index (χ1n) is 3.32. The maximum atomic E-state index is 9.87. The van der Waals surface area contributed by atoms with Crippen LogP contribution in [0, 0.1) is 0 Å². The van der Waals surface area contributed by atoms with E-state index in [0.29, 0.717) is 19.8 Å². The van der Waals surface area contributed by atoms with Crippen molar-refractivity contribution in [2.75, 3.05) is 19.8 Å². The van der Waals surface area contributed by atoms with Gasteiger partial charge in [0.2, 0.25) is 0 Å². The number of carboxylic acid groups (broad SMARTS) is 1. The van der Waals surface area contributed by atoms with Crippen molar-refractivity contribution in [2.45, 2.75) is 13.3 Å². The fourth-order valence-corrected chi connectivity index (χ4v) is 0.477. The van der Waals surface area contributed by atoms with E-state index in [9.17, 15) is 4.79 Å². The van der Waals surface area contributed by atoms with Crippen molar-refractivity contribution >= 4 is 6.09 Å². The van der Waals surface area contributed by atoms with E-state index in [1.54, 1.807) is 0 Å². The largest absolute Gasteiger partial charge is 0.465 e. The third kappa shape index (κ3) is 7.23. The lowest BCUT2D eigenvalue weighted by Gasteiger charge is -2.00. The Morgan fingerprint density at radius 3 is 2.80 bits per heavy atom. The van der Waals surface area contributed by atoms with Crippen molar-refractivity contribution in [3.05, 3.63) is 0 Å². The van der Waals surface area contributed by atoms with E-state index in [4.69, 9.17) is 9.84 Å². The first kappa shape index (κ1) is 9.23. The molecule has 4 heteroatoms. The van der Waals surface area contributed by atoms with Gasteiger partial charge in [-0.1, -0.05) is 6.92 Å². The van der Waals surface area contributed by atoms with E-state index in [0.717, 1.165) is 6.42 Å². The predicted octanol–water partition coefficient (Wildman–Crippen LogP) is 0.681. The zero-order chi connectivity index (χ0) is 7.82. The van der Waals surface area contributed by atoms with Gasteiger partial charge in [0, 0.05) is 13.2 Å². The Bertz CT molecular complexity index is 95.0. The molecular formula is C6H13NO3. The van der Waals surface area contributed by atoms with Gasteiger partial charge in [-0.05, 0) is 6.42 Å². The monoisotopic (exact) mass is 147 g/mol. The summed E-state index contributed by atoms with van der Waals surface area (Å²) in [6.45, 7) is 3.53. The topological polar surface area (TPSA) is 58.6 Å². The summed E-state index contributed by atoms with van der Waals surface area (Å²) in [4.78, 5) is 9.87. The highest BCUT2D eigenvalue weighted by Crippen LogP contribution is 1.77. The summed E-state index contributed by atoms with van der Waals surface area (Å²) in [5.41, 5.74) is 0. The van der Waals surface area contributed by atoms with Crippen LogP contribution >= 0.6 is 0 Å². The molecule has 1 amide bonds. The molecule has 0 aromatic heterocycles. The maximum absolute atomic E-state index is 9.87. The summed E-state index contributed by atoms with van der Waals surface area (Å²) < 4.78 is 5.01. The molecule has 0 rings (SSSR count). The Balaban J connectivity index is 2.84. The van der Waals surface area contributed by atoms with Gasteiger partial charge in [0.15, 0.2) is 0 Å². The molecule has 0 aliphatic rings. The van der Waals surface area contributed by atoms with E-state index in [1.807, 2.05) is 6.92 Å². The van der Waals surface area contributed by atoms with Crippen LogP contribution in [-0.2, 0) is 4.74 Å². The number of amides is 1. The van der Waals surface area contributed by atoms with Crippen LogP contribution in [0.1, 0.15) is 13.3 Å². The van der Waals surface area contributed by atoms with E-state index in [2.05, 4.69) is 5.32 Å². The molecule has 10 heavy (non-hydrogen) atoms. The van der Waals surface area contributed by atoms with Crippen molar-refractivity contribution in [3.8, 4) is 0 Å². The minimum Gasteiger partial charge on any atom is -0.465 e. The molecule has 0 unspecified atom stereocenters. The molecule has 4 nitrogen and oxygen atoms in total. The first-order valence-corrected chi connectivity index (χ1v) is 3.32. The van der Waals surface area contributed by atoms with Crippen LogP contribution in [0.25, 0.3) is 0 Å². The second kappa shape index (κ2) is 6.35. The molecule has 0 aliphatic heterocycles. The first-order chi connectivity index (χ1) is 4.77. The average Bonchev–Trinajstić information content (AvgIpc) is 1.87. The Morgan fingerprint density at radius 2 is 2.30 bits per heavy atom. The highest BCUT2D eigenvalue weighted by atomic mass is 16.5. The molecule has 0 bridgehead atoms. The molecular weight excluding hydrogens is 134 g/mol. The van der Waals surface area contributed by atoms with Gasteiger partial charge >= 0.3 is 6.09 Å². The summed E-state index contributed by atoms with van der Waals surface area (Å²) in [6.07, 6.45) is -0.0346. The third-order valence-corrected chi connectivity index (χ3v) is 0.871. The SMILES string of the molecule is CCCOCCNC(=O)O. The molecule has 0 heterocycles. The van der Waals surface area contributed by atoms with Gasteiger partial charge in [0.1, 0.15) is 0 Å². The Kier molecular flexibility index (Phi) is 5.86. The van der Waals surface area contributed by atoms with Gasteiger partial charge in [0.25, 0.3) is 0 Å². The van der Waals surface area contributed by atoms with Crippen molar-refractivity contribution < 1.29 is 14.6 Å². The highest BCUT2D eigenvalue weighted by Gasteiger charge is 1.91. The summed E-state index contributed by atoms with van der Waals surface area (Å²) in [7, 11) is 0. The van der Waals surface area contributed by atoms with Crippen LogP contribution in [-0.4, -0.2) is 31.0 Å². The van der Waals surface area contributed by atoms with Crippen LogP contribution in [0.15, 0.2) is 0 Å². The van der Waals surface area contributed by atoms with Gasteiger partial charge in [-0.2, -0.15) is 0 Å². The van der Waals surface area contributed by atoms with Crippen molar-refractivity contribution in [1.29, 1.82) is 0 Å². The molecule has 0 atom stereocenters. The lowest BCUT2D eigenvalue weighted by Crippen LogP contribution is -2.25. The zero-order valence-corrected chi connectivity index (χ0v) is 6.09. The van der Waals surface area contributed by atoms with E-state index >= 15 is 0 Å². The molecule has 0 radical (unpaired) electrons. The third-order valence-electron chi connectivity index (χ3n) is 0.871. The van der Waals surface area contributed by atoms with Gasteiger partial charge < -0.3 is 15.2 Å². The maximum Gasteiger partial charge on any atom is 0.404 e. The second-order valence-electron chi connectivity index (χ2n) is 1.84. The number of nitrogens with one attached hydrogen (secondary N) is 1. The summed E-state index contributed by atoms with van der Waals surface area (Å²) >= 11 is 0. The second-order valence-corrected chi connectivity index (χ2v) is 1.84. The Labute approximate surface area is 60.2 Å². The minimum atomic E-state index is -1.000. The molecule has 0 spiro atoms. The number of ether oxygens (including phenoxy) is 1. The van der Waals surface area contributed by atoms with Gasteiger partial charge in [-0.25, -0.2) is 4.79 Å². The molecule has 0 aliphatic carbocycles. The van der Waals surface area contributed by atoms with Crippen LogP contribution in [0.4, 0.5) is 4.79 Å². The average molecular weight is 147 g/mol. The minimum absolute atomic E-state index is 0.370. The lowest BCUT2D eigenvalue weighted by molar-refractivity contribution is 0.133. The summed E-state index contributed by atoms with van der Waals surface area (Å²) in [5, 5.41) is 10.3. The molecule has 0 saturated carbocycles. The normalized spacial score (nSPS) is 9.30. The van der Waals surface area contributed by atoms with Crippen molar-refractivity contribution in [1.82, 2.24) is 5.32 Å². The lowest BCUT2D eigenvalue weighted by atomic mass is 10.5. The fraction of sp³-hybridized carbons (Fsp3) is 0.833. The van der Waals surface area contributed by atoms with Gasteiger partial charge in [-0.15, -0.1) is 0 Å². The summed E-state index contributed by atoms with van der Waals surface area (Å²) in [5.74, 6) is 0. The molecule has 0 fully saturated rings. The molecule has 0 aromatic rings. The smallest absolute Gasteiger partial charge is 0.404 e. The molecule has 2 N–H and O–H groups in total. The number of rotatable bonds is 5.